The molecule has 0 bridgehead atoms. The Labute approximate surface area is 231 Å². The van der Waals surface area contributed by atoms with Crippen LogP contribution in [0.4, 0.5) is 0 Å². The molecule has 0 amide bonds. The normalized spacial score (nSPS) is 46.6. The van der Waals surface area contributed by atoms with Crippen LogP contribution >= 0.6 is 0 Å². The van der Waals surface area contributed by atoms with Crippen molar-refractivity contribution in [3.63, 3.8) is 0 Å². The number of aromatic nitrogens is 2. The third kappa shape index (κ3) is 3.18. The van der Waals surface area contributed by atoms with Gasteiger partial charge in [0.05, 0.1) is 11.0 Å². The highest BCUT2D eigenvalue weighted by atomic mass is 16.5. The number of aliphatic hydroxyl groups is 1. The molecule has 0 spiro atoms. The van der Waals surface area contributed by atoms with Crippen molar-refractivity contribution in [2.75, 3.05) is 0 Å². The van der Waals surface area contributed by atoms with E-state index >= 15 is 0 Å². The van der Waals surface area contributed by atoms with E-state index in [0.717, 1.165) is 44.1 Å². The van der Waals surface area contributed by atoms with Crippen molar-refractivity contribution in [2.24, 2.45) is 39.4 Å². The maximum Gasteiger partial charge on any atom is 0.233 e. The number of carbonyl (C=O) groups is 2. The molecule has 0 aliphatic heterocycles. The summed E-state index contributed by atoms with van der Waals surface area (Å²) in [6.07, 6.45) is 9.67. The first-order valence-corrected chi connectivity index (χ1v) is 14.5. The third-order valence-corrected chi connectivity index (χ3v) is 12.5. The lowest BCUT2D eigenvalue weighted by Gasteiger charge is -2.68. The fourth-order valence-electron chi connectivity index (χ4n) is 10.2. The molecule has 0 aromatic carbocycles. The number of hydrogen-bond acceptors (Lipinski definition) is 7. The number of aryl methyl sites for hydroxylation is 1. The highest BCUT2D eigenvalue weighted by Crippen LogP contribution is 2.74. The van der Waals surface area contributed by atoms with Gasteiger partial charge in [0.25, 0.3) is 0 Å². The molecule has 7 heteroatoms. The van der Waals surface area contributed by atoms with Crippen molar-refractivity contribution in [1.82, 2.24) is 10.1 Å². The molecule has 5 aliphatic carbocycles. The Morgan fingerprint density at radius 2 is 1.74 bits per heavy atom. The molecule has 0 radical (unpaired) electrons. The summed E-state index contributed by atoms with van der Waals surface area (Å²) in [4.78, 5) is 32.3. The molecule has 0 saturated heterocycles. The fourth-order valence-corrected chi connectivity index (χ4v) is 10.2. The molecule has 1 aromatic rings. The number of carbonyl (C=O) groups excluding carboxylic acids is 2. The van der Waals surface area contributed by atoms with E-state index in [2.05, 4.69) is 32.9 Å². The lowest BCUT2D eigenvalue weighted by molar-refractivity contribution is -0.167. The number of nitrogens with zero attached hydrogens (tertiary/aromatic N) is 3. The van der Waals surface area contributed by atoms with E-state index in [1.807, 2.05) is 26.0 Å². The topological polar surface area (TPSA) is 117 Å². The quantitative estimate of drug-likeness (QED) is 0.503. The molecule has 3 saturated carbocycles. The minimum absolute atomic E-state index is 0.00733. The predicted octanol–water partition coefficient (Wildman–Crippen LogP) is 5.57. The zero-order valence-corrected chi connectivity index (χ0v) is 24.4. The Morgan fingerprint density at radius 3 is 2.38 bits per heavy atom. The van der Waals surface area contributed by atoms with E-state index in [1.54, 1.807) is 13.0 Å². The van der Waals surface area contributed by atoms with Gasteiger partial charge < -0.3 is 9.63 Å². The van der Waals surface area contributed by atoms with E-state index in [0.29, 0.717) is 18.1 Å². The number of Topliss-reactive ketones (excluding diaryl/α,β-unsaturated/α-hetero) is 1. The summed E-state index contributed by atoms with van der Waals surface area (Å²) in [5.41, 5.74) is -2.31. The predicted molar refractivity (Wildman–Crippen MR) is 144 cm³/mol. The highest BCUT2D eigenvalue weighted by Gasteiger charge is 2.71. The molecule has 39 heavy (non-hydrogen) atoms. The van der Waals surface area contributed by atoms with Gasteiger partial charge in [0.1, 0.15) is 11.7 Å². The summed E-state index contributed by atoms with van der Waals surface area (Å²) in [6, 6.07) is 2.04. The maximum atomic E-state index is 14.5. The summed E-state index contributed by atoms with van der Waals surface area (Å²) in [5.74, 6) is 0.424. The van der Waals surface area contributed by atoms with Crippen LogP contribution in [0.1, 0.15) is 98.2 Å². The SMILES string of the molecule is Cc1noc([C@]23CCC(C)(C)C[C@H]2[C@H]2C(=O)C=C4[C@@]5(C)C=C(C#N)C(=O)[C@@](C)(O)[C@@H]5CC[C@@]4(C)[C@]2(C)CC3)n1. The zero-order chi connectivity index (χ0) is 28.4. The third-order valence-electron chi connectivity index (χ3n) is 12.5. The lowest BCUT2D eigenvalue weighted by Crippen LogP contribution is -2.66. The van der Waals surface area contributed by atoms with Crippen LogP contribution < -0.4 is 0 Å². The number of nitriles is 1. The molecular formula is C32H41N3O4. The molecule has 0 unspecified atom stereocenters. The summed E-state index contributed by atoms with van der Waals surface area (Å²) >= 11 is 0. The minimum atomic E-state index is -1.65. The number of rotatable bonds is 1. The Morgan fingerprint density at radius 1 is 1.05 bits per heavy atom. The number of fused-ring (bicyclic) bond motifs is 7. The standard InChI is InChI=1S/C32H41N3O4/c1-18-34-26(39-35-18)32-12-10-27(2,3)16-20(32)24-21(36)14-23-28(4)15-19(17-33)25(37)31(7,38)22(28)8-9-29(23,5)30(24,6)11-13-32/h14-15,20,22,24,38H,8-13,16H2,1-7H3/t20-,22+,24-,28-,29+,30+,31-,32-/m0/s1. The molecular weight excluding hydrogens is 490 g/mol. The second kappa shape index (κ2) is 7.78. The van der Waals surface area contributed by atoms with Crippen molar-refractivity contribution >= 4 is 11.6 Å². The van der Waals surface area contributed by atoms with E-state index in [9.17, 15) is 20.0 Å². The van der Waals surface area contributed by atoms with E-state index in [1.165, 1.54) is 0 Å². The number of ketones is 2. The second-order valence-corrected chi connectivity index (χ2v) is 15.0. The van der Waals surface area contributed by atoms with Crippen molar-refractivity contribution < 1.29 is 19.2 Å². The highest BCUT2D eigenvalue weighted by molar-refractivity contribution is 6.06. The number of hydrogen-bond donors (Lipinski definition) is 1. The van der Waals surface area contributed by atoms with E-state index in [4.69, 9.17) is 9.51 Å². The second-order valence-electron chi connectivity index (χ2n) is 15.0. The van der Waals surface area contributed by atoms with Crippen molar-refractivity contribution in [2.45, 2.75) is 104 Å². The molecule has 1 N–H and O–H groups in total. The van der Waals surface area contributed by atoms with Crippen LogP contribution in [0.5, 0.6) is 0 Å². The van der Waals surface area contributed by atoms with Gasteiger partial charge in [-0.25, -0.2) is 0 Å². The average molecular weight is 532 g/mol. The smallest absolute Gasteiger partial charge is 0.233 e. The first-order chi connectivity index (χ1) is 18.1. The minimum Gasteiger partial charge on any atom is -0.382 e. The average Bonchev–Trinajstić information content (AvgIpc) is 3.29. The summed E-state index contributed by atoms with van der Waals surface area (Å²) < 4.78 is 5.87. The Balaban J connectivity index is 1.54. The Kier molecular flexibility index (Phi) is 5.31. The van der Waals surface area contributed by atoms with Crippen molar-refractivity contribution in [3.8, 4) is 6.07 Å². The molecule has 6 rings (SSSR count). The van der Waals surface area contributed by atoms with Crippen LogP contribution in [0.15, 0.2) is 27.8 Å². The molecule has 3 fully saturated rings. The van der Waals surface area contributed by atoms with Gasteiger partial charge >= 0.3 is 0 Å². The summed E-state index contributed by atoms with van der Waals surface area (Å²) in [6.45, 7) is 14.6. The van der Waals surface area contributed by atoms with Gasteiger partial charge in [0, 0.05) is 17.3 Å². The van der Waals surface area contributed by atoms with E-state index < -0.39 is 16.8 Å². The lowest BCUT2D eigenvalue weighted by atomic mass is 9.34. The molecule has 208 valence electrons. The van der Waals surface area contributed by atoms with Crippen LogP contribution in [-0.4, -0.2) is 32.4 Å². The molecule has 1 aromatic heterocycles. The van der Waals surface area contributed by atoms with Gasteiger partial charge in [-0.15, -0.1) is 0 Å². The van der Waals surface area contributed by atoms with Gasteiger partial charge in [0.15, 0.2) is 11.6 Å². The summed E-state index contributed by atoms with van der Waals surface area (Å²) in [7, 11) is 0. The van der Waals surface area contributed by atoms with E-state index in [-0.39, 0.29) is 50.8 Å². The Bertz CT molecular complexity index is 1390. The van der Waals surface area contributed by atoms with Gasteiger partial charge in [-0.3, -0.25) is 9.59 Å². The summed E-state index contributed by atoms with van der Waals surface area (Å²) in [5, 5.41) is 25.4. The van der Waals surface area contributed by atoms with Crippen molar-refractivity contribution in [1.29, 1.82) is 5.26 Å². The van der Waals surface area contributed by atoms with Crippen LogP contribution in [0.3, 0.4) is 0 Å². The van der Waals surface area contributed by atoms with Gasteiger partial charge in [-0.05, 0) is 87.0 Å². The molecule has 7 nitrogen and oxygen atoms in total. The van der Waals surface area contributed by atoms with Crippen LogP contribution in [0.2, 0.25) is 0 Å². The molecule has 1 heterocycles. The molecule has 8 atom stereocenters. The van der Waals surface area contributed by atoms with Crippen LogP contribution in [-0.2, 0) is 15.0 Å². The zero-order valence-electron chi connectivity index (χ0n) is 24.4. The monoisotopic (exact) mass is 531 g/mol. The van der Waals surface area contributed by atoms with Crippen LogP contribution in [0.25, 0.3) is 0 Å². The Hall–Kier alpha value is -2.59. The van der Waals surface area contributed by atoms with Crippen molar-refractivity contribution in [3.05, 3.63) is 35.0 Å². The maximum absolute atomic E-state index is 14.5. The first kappa shape index (κ1) is 26.6. The van der Waals surface area contributed by atoms with Crippen LogP contribution in [0, 0.1) is 57.7 Å². The van der Waals surface area contributed by atoms with Gasteiger partial charge in [0.2, 0.25) is 11.7 Å². The fraction of sp³-hybridized carbons (Fsp3) is 0.719. The molecule has 5 aliphatic rings. The van der Waals surface area contributed by atoms with Gasteiger partial charge in [-0.1, -0.05) is 51.4 Å². The number of allylic oxidation sites excluding steroid dienone is 3. The first-order valence-electron chi connectivity index (χ1n) is 14.5. The largest absolute Gasteiger partial charge is 0.382 e. The van der Waals surface area contributed by atoms with Gasteiger partial charge in [-0.2, -0.15) is 10.2 Å².